The third-order valence-electron chi connectivity index (χ3n) is 3.34. The molecule has 98 valence electrons. The number of aromatic nitrogens is 3. The van der Waals surface area contributed by atoms with Gasteiger partial charge in [0.25, 0.3) is 0 Å². The molecule has 2 aromatic rings. The van der Waals surface area contributed by atoms with Crippen molar-refractivity contribution >= 4 is 5.82 Å². The number of nitrogens with zero attached hydrogens (tertiary/aromatic N) is 3. The minimum Gasteiger partial charge on any atom is -0.379 e. The molecule has 0 saturated carbocycles. The number of rotatable bonds is 4. The molecule has 1 N–H and O–H groups in total. The van der Waals surface area contributed by atoms with E-state index in [0.29, 0.717) is 12.5 Å². The van der Waals surface area contributed by atoms with E-state index in [9.17, 15) is 0 Å². The molecule has 0 aliphatic carbocycles. The SMILES string of the molecule is c1cc(C[C@@H]2COC[C@@H]2Nc2cnccn2)ccn1. The standard InChI is InChI=1S/C14H16N4O/c1-3-15-4-2-11(1)7-12-9-19-10-13(12)18-14-8-16-5-6-17-14/h1-6,8,12-13H,7,9-10H2,(H,17,18)/t12-,13+/m1/s1. The maximum absolute atomic E-state index is 5.59. The van der Waals surface area contributed by atoms with Crippen molar-refractivity contribution in [1.29, 1.82) is 0 Å². The summed E-state index contributed by atoms with van der Waals surface area (Å²) in [5, 5.41) is 3.40. The second kappa shape index (κ2) is 5.75. The Kier molecular flexibility index (Phi) is 3.65. The molecule has 0 aromatic carbocycles. The second-order valence-corrected chi connectivity index (χ2v) is 4.70. The number of hydrogen-bond acceptors (Lipinski definition) is 5. The molecule has 5 nitrogen and oxygen atoms in total. The normalized spacial score (nSPS) is 22.3. The molecule has 1 aliphatic heterocycles. The van der Waals surface area contributed by atoms with Gasteiger partial charge in [-0.1, -0.05) is 0 Å². The summed E-state index contributed by atoms with van der Waals surface area (Å²) in [6.45, 7) is 1.49. The van der Waals surface area contributed by atoms with Crippen molar-refractivity contribution in [2.24, 2.45) is 5.92 Å². The van der Waals surface area contributed by atoms with Crippen LogP contribution in [0.15, 0.2) is 43.1 Å². The molecular weight excluding hydrogens is 240 g/mol. The van der Waals surface area contributed by atoms with Crippen LogP contribution < -0.4 is 5.32 Å². The van der Waals surface area contributed by atoms with Gasteiger partial charge in [-0.15, -0.1) is 0 Å². The van der Waals surface area contributed by atoms with Gasteiger partial charge in [0.2, 0.25) is 0 Å². The fourth-order valence-corrected chi connectivity index (χ4v) is 2.34. The van der Waals surface area contributed by atoms with E-state index in [1.807, 2.05) is 12.4 Å². The summed E-state index contributed by atoms with van der Waals surface area (Å²) < 4.78 is 5.59. The first-order valence-electron chi connectivity index (χ1n) is 6.41. The Morgan fingerprint density at radius 2 is 2.00 bits per heavy atom. The Morgan fingerprint density at radius 3 is 2.79 bits per heavy atom. The van der Waals surface area contributed by atoms with Gasteiger partial charge < -0.3 is 10.1 Å². The average molecular weight is 256 g/mol. The topological polar surface area (TPSA) is 59.9 Å². The van der Waals surface area contributed by atoms with E-state index in [2.05, 4.69) is 32.4 Å². The van der Waals surface area contributed by atoms with E-state index in [1.165, 1.54) is 5.56 Å². The van der Waals surface area contributed by atoms with Crippen molar-refractivity contribution in [3.63, 3.8) is 0 Å². The number of nitrogens with one attached hydrogen (secondary N) is 1. The van der Waals surface area contributed by atoms with Crippen LogP contribution >= 0.6 is 0 Å². The van der Waals surface area contributed by atoms with Gasteiger partial charge in [0.15, 0.2) is 0 Å². The second-order valence-electron chi connectivity index (χ2n) is 4.70. The van der Waals surface area contributed by atoms with Gasteiger partial charge in [0.1, 0.15) is 5.82 Å². The molecule has 0 unspecified atom stereocenters. The number of hydrogen-bond donors (Lipinski definition) is 1. The molecule has 2 atom stereocenters. The molecule has 3 rings (SSSR count). The van der Waals surface area contributed by atoms with E-state index in [-0.39, 0.29) is 6.04 Å². The molecule has 0 radical (unpaired) electrons. The number of ether oxygens (including phenoxy) is 1. The van der Waals surface area contributed by atoms with Gasteiger partial charge in [0.05, 0.1) is 25.5 Å². The minimum atomic E-state index is 0.282. The van der Waals surface area contributed by atoms with Crippen LogP contribution in [0.4, 0.5) is 5.82 Å². The Bertz CT molecular complexity index is 458. The first-order chi connectivity index (χ1) is 9.42. The summed E-state index contributed by atoms with van der Waals surface area (Å²) >= 11 is 0. The van der Waals surface area contributed by atoms with Crippen LogP contribution in [0.1, 0.15) is 5.56 Å². The lowest BCUT2D eigenvalue weighted by Gasteiger charge is -2.19. The van der Waals surface area contributed by atoms with Gasteiger partial charge in [-0.2, -0.15) is 0 Å². The molecule has 1 saturated heterocycles. The lowest BCUT2D eigenvalue weighted by molar-refractivity contribution is 0.185. The first-order valence-corrected chi connectivity index (χ1v) is 6.41. The summed E-state index contributed by atoms with van der Waals surface area (Å²) in [5.41, 5.74) is 1.29. The largest absolute Gasteiger partial charge is 0.379 e. The molecule has 1 aliphatic rings. The molecule has 2 aromatic heterocycles. The molecule has 1 fully saturated rings. The van der Waals surface area contributed by atoms with Crippen LogP contribution in [0.25, 0.3) is 0 Å². The third kappa shape index (κ3) is 3.06. The smallest absolute Gasteiger partial charge is 0.144 e. The van der Waals surface area contributed by atoms with E-state index in [1.54, 1.807) is 18.6 Å². The van der Waals surface area contributed by atoms with Crippen LogP contribution in [0, 0.1) is 5.92 Å². The van der Waals surface area contributed by atoms with Gasteiger partial charge >= 0.3 is 0 Å². The highest BCUT2D eigenvalue weighted by atomic mass is 16.5. The van der Waals surface area contributed by atoms with Gasteiger partial charge in [-0.25, -0.2) is 4.98 Å². The van der Waals surface area contributed by atoms with Crippen molar-refractivity contribution in [3.05, 3.63) is 48.7 Å². The van der Waals surface area contributed by atoms with E-state index in [4.69, 9.17) is 4.74 Å². The molecule has 5 heteroatoms. The van der Waals surface area contributed by atoms with E-state index < -0.39 is 0 Å². The lowest BCUT2D eigenvalue weighted by atomic mass is 9.95. The molecule has 0 spiro atoms. The van der Waals surface area contributed by atoms with Crippen molar-refractivity contribution in [2.45, 2.75) is 12.5 Å². The zero-order valence-electron chi connectivity index (χ0n) is 10.6. The van der Waals surface area contributed by atoms with Crippen LogP contribution in [0.5, 0.6) is 0 Å². The Morgan fingerprint density at radius 1 is 1.11 bits per heavy atom. The van der Waals surface area contributed by atoms with Crippen molar-refractivity contribution < 1.29 is 4.74 Å². The summed E-state index contributed by atoms with van der Waals surface area (Å²) in [6.07, 6.45) is 9.75. The summed E-state index contributed by atoms with van der Waals surface area (Å²) in [4.78, 5) is 12.3. The van der Waals surface area contributed by atoms with E-state index >= 15 is 0 Å². The van der Waals surface area contributed by atoms with Crippen molar-refractivity contribution in [1.82, 2.24) is 15.0 Å². The highest BCUT2D eigenvalue weighted by Gasteiger charge is 2.28. The minimum absolute atomic E-state index is 0.282. The Balaban J connectivity index is 1.65. The molecule has 0 amide bonds. The number of anilines is 1. The zero-order chi connectivity index (χ0) is 12.9. The molecule has 19 heavy (non-hydrogen) atoms. The summed E-state index contributed by atoms with van der Waals surface area (Å²) in [5.74, 6) is 1.25. The Labute approximate surface area is 112 Å². The highest BCUT2D eigenvalue weighted by molar-refractivity contribution is 5.32. The lowest BCUT2D eigenvalue weighted by Crippen LogP contribution is -2.29. The maximum atomic E-state index is 5.59. The van der Waals surface area contributed by atoms with Crippen LogP contribution in [0.3, 0.4) is 0 Å². The predicted octanol–water partition coefficient (Wildman–Crippen LogP) is 1.54. The predicted molar refractivity (Wildman–Crippen MR) is 71.7 cm³/mol. The maximum Gasteiger partial charge on any atom is 0.144 e. The van der Waals surface area contributed by atoms with Crippen LogP contribution in [-0.4, -0.2) is 34.2 Å². The van der Waals surface area contributed by atoms with Crippen molar-refractivity contribution in [3.8, 4) is 0 Å². The number of pyridine rings is 1. The van der Waals surface area contributed by atoms with Crippen LogP contribution in [-0.2, 0) is 11.2 Å². The molecule has 0 bridgehead atoms. The van der Waals surface area contributed by atoms with Gasteiger partial charge in [-0.05, 0) is 24.1 Å². The van der Waals surface area contributed by atoms with Crippen molar-refractivity contribution in [2.75, 3.05) is 18.5 Å². The van der Waals surface area contributed by atoms with Crippen LogP contribution in [0.2, 0.25) is 0 Å². The summed E-state index contributed by atoms with van der Waals surface area (Å²) in [6, 6.07) is 4.39. The fourth-order valence-electron chi connectivity index (χ4n) is 2.34. The molecular formula is C14H16N4O. The van der Waals surface area contributed by atoms with E-state index in [0.717, 1.165) is 18.8 Å². The monoisotopic (exact) mass is 256 g/mol. The quantitative estimate of drug-likeness (QED) is 0.899. The molecule has 3 heterocycles. The Hall–Kier alpha value is -2.01. The first kappa shape index (κ1) is 12.0. The fraction of sp³-hybridized carbons (Fsp3) is 0.357. The average Bonchev–Trinajstić information content (AvgIpc) is 2.88. The summed E-state index contributed by atoms with van der Waals surface area (Å²) in [7, 11) is 0. The van der Waals surface area contributed by atoms with Gasteiger partial charge in [0, 0.05) is 30.7 Å². The zero-order valence-corrected chi connectivity index (χ0v) is 10.6. The van der Waals surface area contributed by atoms with Gasteiger partial charge in [-0.3, -0.25) is 9.97 Å². The third-order valence-corrected chi connectivity index (χ3v) is 3.34. The highest BCUT2D eigenvalue weighted by Crippen LogP contribution is 2.21.